The first-order chi connectivity index (χ1) is 11.1. The maximum atomic E-state index is 12.8. The molecule has 118 valence electrons. The Hall–Kier alpha value is -2.69. The number of Topliss-reactive ketones (excluding diaryl/α,β-unsaturated/α-hetero) is 1. The fourth-order valence-corrected chi connectivity index (χ4v) is 3.12. The molecule has 2 heterocycles. The van der Waals surface area contributed by atoms with Crippen molar-refractivity contribution in [2.24, 2.45) is 0 Å². The van der Waals surface area contributed by atoms with E-state index in [-0.39, 0.29) is 11.3 Å². The zero-order chi connectivity index (χ0) is 16.6. The van der Waals surface area contributed by atoms with Gasteiger partial charge in [-0.25, -0.2) is 0 Å². The van der Waals surface area contributed by atoms with Crippen molar-refractivity contribution >= 4 is 12.1 Å². The summed E-state index contributed by atoms with van der Waals surface area (Å²) < 4.78 is 6.99. The molecule has 0 unspecified atom stereocenters. The van der Waals surface area contributed by atoms with Gasteiger partial charge in [-0.3, -0.25) is 14.4 Å². The third-order valence-corrected chi connectivity index (χ3v) is 4.23. The number of carbonyl (C=O) groups excluding carboxylic acids is 2. The van der Waals surface area contributed by atoms with E-state index in [4.69, 9.17) is 4.74 Å². The largest absolute Gasteiger partial charge is 0.496 e. The van der Waals surface area contributed by atoms with Crippen LogP contribution in [0.25, 0.3) is 11.1 Å². The van der Waals surface area contributed by atoms with Gasteiger partial charge in [-0.15, -0.1) is 0 Å². The second kappa shape index (κ2) is 5.83. The number of benzene rings is 1. The standard InChI is InChI=1S/C18H17NO4/c1-11(21)13-9-15(18(22)19-7-3-4-16(13)19)14-8-12(10-20)5-6-17(14)23-2/h5-6,8-10H,3-4,7H2,1-2H3. The van der Waals surface area contributed by atoms with Crippen molar-refractivity contribution in [3.63, 3.8) is 0 Å². The van der Waals surface area contributed by atoms with Gasteiger partial charge in [-0.05, 0) is 44.0 Å². The number of aldehydes is 1. The van der Waals surface area contributed by atoms with E-state index in [1.807, 2.05) is 0 Å². The molecule has 5 nitrogen and oxygen atoms in total. The quantitative estimate of drug-likeness (QED) is 0.643. The van der Waals surface area contributed by atoms with Gasteiger partial charge in [0.2, 0.25) is 0 Å². The maximum Gasteiger partial charge on any atom is 0.258 e. The molecule has 0 saturated carbocycles. The van der Waals surface area contributed by atoms with Crippen molar-refractivity contribution in [2.45, 2.75) is 26.3 Å². The molecular formula is C18H17NO4. The Balaban J connectivity index is 2.33. The fraction of sp³-hybridized carbons (Fsp3) is 0.278. The lowest BCUT2D eigenvalue weighted by molar-refractivity contribution is 0.101. The number of ether oxygens (including phenoxy) is 1. The molecule has 0 aliphatic carbocycles. The van der Waals surface area contributed by atoms with Crippen LogP contribution >= 0.6 is 0 Å². The Bertz CT molecular complexity index is 864. The monoisotopic (exact) mass is 311 g/mol. The van der Waals surface area contributed by atoms with Gasteiger partial charge in [0.15, 0.2) is 5.78 Å². The number of ketones is 1. The highest BCUT2D eigenvalue weighted by Gasteiger charge is 2.23. The first-order valence-electron chi connectivity index (χ1n) is 7.48. The second-order valence-electron chi connectivity index (χ2n) is 5.61. The molecule has 23 heavy (non-hydrogen) atoms. The van der Waals surface area contributed by atoms with E-state index >= 15 is 0 Å². The molecule has 3 rings (SSSR count). The third kappa shape index (κ3) is 2.48. The number of carbonyl (C=O) groups is 2. The van der Waals surface area contributed by atoms with Gasteiger partial charge in [-0.1, -0.05) is 0 Å². The van der Waals surface area contributed by atoms with Gasteiger partial charge in [0.05, 0.1) is 12.7 Å². The van der Waals surface area contributed by atoms with Crippen LogP contribution in [-0.4, -0.2) is 23.7 Å². The first-order valence-corrected chi connectivity index (χ1v) is 7.48. The summed E-state index contributed by atoms with van der Waals surface area (Å²) in [6.07, 6.45) is 2.31. The predicted molar refractivity (Wildman–Crippen MR) is 86.4 cm³/mol. The van der Waals surface area contributed by atoms with Crippen LogP contribution in [0.15, 0.2) is 29.1 Å². The average molecular weight is 311 g/mol. The molecule has 0 spiro atoms. The minimum Gasteiger partial charge on any atom is -0.496 e. The van der Waals surface area contributed by atoms with Crippen LogP contribution in [0.4, 0.5) is 0 Å². The normalized spacial score (nSPS) is 12.8. The van der Waals surface area contributed by atoms with Crippen LogP contribution < -0.4 is 10.3 Å². The van der Waals surface area contributed by atoms with Crippen LogP contribution in [0, 0.1) is 0 Å². The Morgan fingerprint density at radius 3 is 2.70 bits per heavy atom. The van der Waals surface area contributed by atoms with Crippen molar-refractivity contribution in [2.75, 3.05) is 7.11 Å². The van der Waals surface area contributed by atoms with Crippen LogP contribution in [0.1, 0.15) is 39.8 Å². The summed E-state index contributed by atoms with van der Waals surface area (Å²) in [4.78, 5) is 35.8. The molecule has 0 bridgehead atoms. The molecule has 0 atom stereocenters. The lowest BCUT2D eigenvalue weighted by Gasteiger charge is -2.14. The van der Waals surface area contributed by atoms with Gasteiger partial charge in [0, 0.05) is 28.9 Å². The molecule has 1 aromatic carbocycles. The number of hydrogen-bond donors (Lipinski definition) is 0. The van der Waals surface area contributed by atoms with E-state index in [9.17, 15) is 14.4 Å². The van der Waals surface area contributed by atoms with Crippen molar-refractivity contribution in [3.8, 4) is 16.9 Å². The van der Waals surface area contributed by atoms with Crippen molar-refractivity contribution < 1.29 is 14.3 Å². The number of pyridine rings is 1. The smallest absolute Gasteiger partial charge is 0.258 e. The van der Waals surface area contributed by atoms with Gasteiger partial charge in [-0.2, -0.15) is 0 Å². The van der Waals surface area contributed by atoms with Gasteiger partial charge < -0.3 is 9.30 Å². The predicted octanol–water partition coefficient (Wildman–Crippen LogP) is 2.49. The Labute approximate surface area is 133 Å². The molecule has 1 aliphatic rings. The third-order valence-electron chi connectivity index (χ3n) is 4.23. The second-order valence-corrected chi connectivity index (χ2v) is 5.61. The zero-order valence-electron chi connectivity index (χ0n) is 13.1. The van der Waals surface area contributed by atoms with Crippen LogP contribution in [0.2, 0.25) is 0 Å². The van der Waals surface area contributed by atoms with Gasteiger partial charge in [0.1, 0.15) is 12.0 Å². The lowest BCUT2D eigenvalue weighted by atomic mass is 9.99. The highest BCUT2D eigenvalue weighted by molar-refractivity contribution is 5.97. The van der Waals surface area contributed by atoms with E-state index in [2.05, 4.69) is 0 Å². The van der Waals surface area contributed by atoms with Crippen molar-refractivity contribution in [1.82, 2.24) is 4.57 Å². The summed E-state index contributed by atoms with van der Waals surface area (Å²) in [5.41, 5.74) is 2.60. The van der Waals surface area contributed by atoms with Crippen LogP contribution in [0.3, 0.4) is 0 Å². The Kier molecular flexibility index (Phi) is 3.86. The van der Waals surface area contributed by atoms with Crippen molar-refractivity contribution in [3.05, 3.63) is 51.4 Å². The highest BCUT2D eigenvalue weighted by atomic mass is 16.5. The first kappa shape index (κ1) is 15.2. The molecule has 0 saturated heterocycles. The van der Waals surface area contributed by atoms with E-state index in [0.29, 0.717) is 34.5 Å². The lowest BCUT2D eigenvalue weighted by Crippen LogP contribution is -2.23. The summed E-state index contributed by atoms with van der Waals surface area (Å²) in [5, 5.41) is 0. The number of fused-ring (bicyclic) bond motifs is 1. The fourth-order valence-electron chi connectivity index (χ4n) is 3.12. The Morgan fingerprint density at radius 1 is 1.26 bits per heavy atom. The number of methoxy groups -OCH3 is 1. The minimum absolute atomic E-state index is 0.0672. The number of nitrogens with zero attached hydrogens (tertiary/aromatic N) is 1. The van der Waals surface area contributed by atoms with E-state index in [1.54, 1.807) is 28.8 Å². The molecule has 0 fully saturated rings. The summed E-state index contributed by atoms with van der Waals surface area (Å²) in [7, 11) is 1.51. The maximum absolute atomic E-state index is 12.8. The van der Waals surface area contributed by atoms with Gasteiger partial charge in [0.25, 0.3) is 5.56 Å². The summed E-state index contributed by atoms with van der Waals surface area (Å²) in [6.45, 7) is 2.11. The molecule has 5 heteroatoms. The summed E-state index contributed by atoms with van der Waals surface area (Å²) in [5.74, 6) is 0.433. The van der Waals surface area contributed by atoms with E-state index in [0.717, 1.165) is 24.8 Å². The summed E-state index contributed by atoms with van der Waals surface area (Å²) >= 11 is 0. The topological polar surface area (TPSA) is 65.4 Å². The molecule has 0 N–H and O–H groups in total. The van der Waals surface area contributed by atoms with Crippen molar-refractivity contribution in [1.29, 1.82) is 0 Å². The van der Waals surface area contributed by atoms with E-state index in [1.165, 1.54) is 14.0 Å². The zero-order valence-corrected chi connectivity index (χ0v) is 13.1. The minimum atomic E-state index is -0.149. The molecule has 0 radical (unpaired) electrons. The van der Waals surface area contributed by atoms with E-state index < -0.39 is 0 Å². The summed E-state index contributed by atoms with van der Waals surface area (Å²) in [6, 6.07) is 6.54. The number of aromatic nitrogens is 1. The van der Waals surface area contributed by atoms with Crippen LogP contribution in [0.5, 0.6) is 5.75 Å². The average Bonchev–Trinajstić information content (AvgIpc) is 3.04. The van der Waals surface area contributed by atoms with Crippen LogP contribution in [-0.2, 0) is 13.0 Å². The van der Waals surface area contributed by atoms with Gasteiger partial charge >= 0.3 is 0 Å². The molecule has 0 amide bonds. The molecule has 1 aromatic heterocycles. The SMILES string of the molecule is COc1ccc(C=O)cc1-c1cc(C(C)=O)c2n(c1=O)CCC2. The number of hydrogen-bond acceptors (Lipinski definition) is 4. The highest BCUT2D eigenvalue weighted by Crippen LogP contribution is 2.31. The Morgan fingerprint density at radius 2 is 2.04 bits per heavy atom. The molecule has 2 aromatic rings. The molecule has 1 aliphatic heterocycles. The molecular weight excluding hydrogens is 294 g/mol. The number of rotatable bonds is 4.